The Balaban J connectivity index is 1.17. The fourth-order valence-corrected chi connectivity index (χ4v) is 12.2. The summed E-state index contributed by atoms with van der Waals surface area (Å²) in [5.41, 5.74) is 9.41. The zero-order valence-corrected chi connectivity index (χ0v) is 41.4. The van der Waals surface area contributed by atoms with Crippen molar-refractivity contribution in [2.75, 3.05) is 54.0 Å². The Hall–Kier alpha value is -5.40. The number of aromatic hydroxyl groups is 1. The summed E-state index contributed by atoms with van der Waals surface area (Å²) >= 11 is 0. The summed E-state index contributed by atoms with van der Waals surface area (Å²) in [5, 5.41) is 16.1. The van der Waals surface area contributed by atoms with Gasteiger partial charge in [-0.1, -0.05) is 39.8 Å². The van der Waals surface area contributed by atoms with E-state index in [9.17, 15) is 32.7 Å². The van der Waals surface area contributed by atoms with Gasteiger partial charge in [-0.25, -0.2) is 13.8 Å². The molecular formula is C50H66N8O9S. The highest BCUT2D eigenvalue weighted by Gasteiger charge is 2.51. The second kappa shape index (κ2) is 19.2. The number of carbonyl (C=O) groups is 4. The van der Waals surface area contributed by atoms with E-state index in [1.165, 1.54) is 21.3 Å². The maximum absolute atomic E-state index is 14.7. The van der Waals surface area contributed by atoms with E-state index in [-0.39, 0.29) is 50.4 Å². The lowest BCUT2D eigenvalue weighted by Gasteiger charge is -2.41. The summed E-state index contributed by atoms with van der Waals surface area (Å²) in [6.07, 6.45) is 2.89. The lowest BCUT2D eigenvalue weighted by Crippen LogP contribution is -2.63. The largest absolute Gasteiger partial charge is 0.508 e. The van der Waals surface area contributed by atoms with Gasteiger partial charge < -0.3 is 29.4 Å². The molecule has 0 spiro atoms. The molecule has 4 aromatic rings. The first-order valence-corrected chi connectivity index (χ1v) is 25.2. The molecule has 366 valence electrons. The van der Waals surface area contributed by atoms with Crippen molar-refractivity contribution in [1.82, 2.24) is 39.4 Å². The lowest BCUT2D eigenvalue weighted by molar-refractivity contribution is -0.155. The minimum absolute atomic E-state index is 0.0274. The number of benzene rings is 2. The second-order valence-corrected chi connectivity index (χ2v) is 22.2. The lowest BCUT2D eigenvalue weighted by atomic mass is 9.84. The van der Waals surface area contributed by atoms with Crippen LogP contribution in [0.1, 0.15) is 77.3 Å². The Morgan fingerprint density at radius 3 is 2.49 bits per heavy atom. The number of hydrazine groups is 1. The first-order valence-electron chi connectivity index (χ1n) is 23.7. The van der Waals surface area contributed by atoms with Crippen LogP contribution in [0, 0.1) is 17.3 Å². The quantitative estimate of drug-likeness (QED) is 0.141. The van der Waals surface area contributed by atoms with Gasteiger partial charge in [-0.2, -0.15) is 4.31 Å². The van der Waals surface area contributed by atoms with Crippen molar-refractivity contribution in [3.8, 4) is 28.1 Å². The SMILES string of the molecule is CCn1c(-c2cccnc2[C@H](C)OC)c2c3cc(ccc31)-c1cc(O)cc(c1)C[C@H](NC(=O)[C@H](C(C)C)N(C)C(=O)C1CN(S(=O)(=O)[C@H]3CN3C)C1)C(=O)N1CCC[C@H](N1)C(=O)OCC(C)(C)C2. The summed E-state index contributed by atoms with van der Waals surface area (Å²) in [5.74, 6) is -2.97. The maximum Gasteiger partial charge on any atom is 0.324 e. The van der Waals surface area contributed by atoms with Gasteiger partial charge in [0, 0.05) is 81.4 Å². The van der Waals surface area contributed by atoms with Crippen LogP contribution in [-0.2, 0) is 58.1 Å². The Labute approximate surface area is 399 Å². The first kappa shape index (κ1) is 49.0. The molecule has 4 aliphatic heterocycles. The summed E-state index contributed by atoms with van der Waals surface area (Å²) in [4.78, 5) is 64.9. The Kier molecular flexibility index (Phi) is 13.8. The summed E-state index contributed by atoms with van der Waals surface area (Å²) in [6.45, 7) is 13.3. The van der Waals surface area contributed by atoms with E-state index in [0.717, 1.165) is 39.0 Å². The van der Waals surface area contributed by atoms with Gasteiger partial charge in [0.25, 0.3) is 5.91 Å². The standard InChI is InChI=1S/C50H66N8O9S/c1-10-57-41-16-15-32-23-37(41)38(45(57)36-13-11-17-51-43(36)30(4)66-9)24-50(5,6)28-67-49(63)39-14-12-18-58(53-39)48(62)40(21-31-19-33(32)22-35(59)20-31)52-46(60)44(29(2)3)55(8)47(61)34-25-56(26-34)68(64,65)42-27-54(42)7/h11,13,15-17,19-20,22-23,29-30,34,39-40,42,44,53,59H,10,12,14,18,21,24-28H2,1-9H3,(H,52,60)/t30-,39-,40-,42-,44-,54?/m0/s1. The molecule has 0 radical (unpaired) electrons. The zero-order chi connectivity index (χ0) is 49.0. The van der Waals surface area contributed by atoms with Gasteiger partial charge in [-0.15, -0.1) is 0 Å². The minimum atomic E-state index is -3.55. The zero-order valence-electron chi connectivity index (χ0n) is 40.6. The Morgan fingerprint density at radius 2 is 1.81 bits per heavy atom. The molecule has 0 aliphatic carbocycles. The number of aromatic nitrogens is 2. The molecule has 3 saturated heterocycles. The number of phenols is 1. The number of cyclic esters (lactones) is 1. The number of likely N-dealkylation sites (N-methyl/N-ethyl adjacent to an activating group) is 2. The molecule has 8 rings (SSSR count). The summed E-state index contributed by atoms with van der Waals surface area (Å²) in [6, 6.07) is 12.3. The molecular weight excluding hydrogens is 889 g/mol. The highest BCUT2D eigenvalue weighted by Crippen LogP contribution is 2.42. The van der Waals surface area contributed by atoms with Crippen LogP contribution in [0.2, 0.25) is 0 Å². The maximum atomic E-state index is 14.7. The average molecular weight is 955 g/mol. The second-order valence-electron chi connectivity index (χ2n) is 20.1. The predicted molar refractivity (Wildman–Crippen MR) is 257 cm³/mol. The number of aryl methyl sites for hydroxylation is 1. The number of pyridine rings is 1. The van der Waals surface area contributed by atoms with Crippen molar-refractivity contribution < 1.29 is 42.2 Å². The predicted octanol–water partition coefficient (Wildman–Crippen LogP) is 4.47. The van der Waals surface area contributed by atoms with Gasteiger partial charge in [0.1, 0.15) is 29.2 Å². The average Bonchev–Trinajstić information content (AvgIpc) is 3.97. The van der Waals surface area contributed by atoms with Crippen molar-refractivity contribution in [2.45, 2.75) is 103 Å². The van der Waals surface area contributed by atoms with Crippen LogP contribution in [0.25, 0.3) is 33.3 Å². The van der Waals surface area contributed by atoms with Gasteiger partial charge in [0.2, 0.25) is 21.8 Å². The van der Waals surface area contributed by atoms with Crippen molar-refractivity contribution >= 4 is 44.6 Å². The summed E-state index contributed by atoms with van der Waals surface area (Å²) < 4.78 is 41.4. The number of nitrogens with one attached hydrogen (secondary N) is 2. The minimum Gasteiger partial charge on any atom is -0.508 e. The molecule has 3 fully saturated rings. The van der Waals surface area contributed by atoms with E-state index in [2.05, 4.69) is 54.3 Å². The van der Waals surface area contributed by atoms with Gasteiger partial charge >= 0.3 is 5.97 Å². The first-order chi connectivity index (χ1) is 32.2. The number of amides is 3. The molecule has 6 heterocycles. The van der Waals surface area contributed by atoms with E-state index < -0.39 is 68.6 Å². The van der Waals surface area contributed by atoms with Gasteiger partial charge in [-0.3, -0.25) is 34.1 Å². The number of methoxy groups -OCH3 is 1. The van der Waals surface area contributed by atoms with Crippen LogP contribution in [0.5, 0.6) is 5.75 Å². The fourth-order valence-electron chi connectivity index (χ4n) is 10.2. The molecule has 3 amide bonds. The molecule has 2 aromatic carbocycles. The molecule has 68 heavy (non-hydrogen) atoms. The van der Waals surface area contributed by atoms with Crippen molar-refractivity contribution in [1.29, 1.82) is 0 Å². The Bertz CT molecular complexity index is 2720. The fraction of sp³-hybridized carbons (Fsp3) is 0.540. The van der Waals surface area contributed by atoms with Crippen molar-refractivity contribution in [3.05, 3.63) is 71.5 Å². The number of rotatable bonds is 11. The van der Waals surface area contributed by atoms with Gasteiger partial charge in [0.15, 0.2) is 0 Å². The number of fused-ring (bicyclic) bond motifs is 6. The third-order valence-electron chi connectivity index (χ3n) is 14.0. The topological polar surface area (TPSA) is 196 Å². The monoisotopic (exact) mass is 954 g/mol. The van der Waals surface area contributed by atoms with E-state index in [0.29, 0.717) is 43.5 Å². The molecule has 2 aromatic heterocycles. The van der Waals surface area contributed by atoms with Gasteiger partial charge in [-0.05, 0) is 105 Å². The van der Waals surface area contributed by atoms with Crippen LogP contribution in [0.3, 0.4) is 0 Å². The number of hydrogen-bond donors (Lipinski definition) is 3. The molecule has 4 aliphatic rings. The van der Waals surface area contributed by atoms with Gasteiger partial charge in [0.05, 0.1) is 30.0 Å². The third-order valence-corrected chi connectivity index (χ3v) is 16.3. The van der Waals surface area contributed by atoms with Crippen molar-refractivity contribution in [3.63, 3.8) is 0 Å². The Morgan fingerprint density at radius 1 is 1.07 bits per heavy atom. The smallest absolute Gasteiger partial charge is 0.324 e. The van der Waals surface area contributed by atoms with E-state index in [1.807, 2.05) is 25.1 Å². The van der Waals surface area contributed by atoms with E-state index >= 15 is 0 Å². The molecule has 6 bridgehead atoms. The summed E-state index contributed by atoms with van der Waals surface area (Å²) in [7, 11) is 1.38. The van der Waals surface area contributed by atoms with Crippen LogP contribution in [-0.4, -0.2) is 143 Å². The molecule has 18 heteroatoms. The number of phenolic OH excluding ortho intramolecular Hbond substituents is 1. The van der Waals surface area contributed by atoms with Crippen molar-refractivity contribution in [2.24, 2.45) is 17.3 Å². The van der Waals surface area contributed by atoms with Crippen LogP contribution < -0.4 is 10.7 Å². The number of ether oxygens (including phenoxy) is 2. The van der Waals surface area contributed by atoms with Crippen LogP contribution >= 0.6 is 0 Å². The highest BCUT2D eigenvalue weighted by atomic mass is 32.2. The third kappa shape index (κ3) is 9.62. The van der Waals surface area contributed by atoms with Crippen LogP contribution in [0.15, 0.2) is 54.7 Å². The number of nitrogens with zero attached hydrogens (tertiary/aromatic N) is 6. The number of carbonyl (C=O) groups excluding carboxylic acids is 4. The number of sulfonamides is 1. The molecule has 6 atom stereocenters. The van der Waals surface area contributed by atoms with Crippen LogP contribution in [0.4, 0.5) is 0 Å². The number of esters is 1. The number of hydrogen-bond acceptors (Lipinski definition) is 12. The molecule has 3 N–H and O–H groups in total. The molecule has 17 nitrogen and oxygen atoms in total. The van der Waals surface area contributed by atoms with E-state index in [1.54, 1.807) is 51.2 Å². The van der Waals surface area contributed by atoms with E-state index in [4.69, 9.17) is 14.5 Å². The highest BCUT2D eigenvalue weighted by molar-refractivity contribution is 7.90. The normalized spacial score (nSPS) is 23.4. The molecule has 1 unspecified atom stereocenters. The molecule has 0 saturated carbocycles.